The molecule has 0 aromatic carbocycles. The molecule has 0 aliphatic carbocycles. The van der Waals surface area contributed by atoms with Crippen LogP contribution in [0, 0.1) is 0 Å². The van der Waals surface area contributed by atoms with Crippen molar-refractivity contribution in [2.24, 2.45) is 5.73 Å². The van der Waals surface area contributed by atoms with E-state index in [0.717, 1.165) is 32.1 Å². The Morgan fingerprint density at radius 3 is 0.884 bits per heavy atom. The van der Waals surface area contributed by atoms with Crippen LogP contribution in [0.1, 0.15) is 335 Å². The van der Waals surface area contributed by atoms with E-state index in [1.54, 1.807) is 0 Å². The molecule has 0 saturated heterocycles. The van der Waals surface area contributed by atoms with Crippen LogP contribution in [0.2, 0.25) is 0 Å². The molecular formula is C59H118NO8P. The standard InChI is InChI=1S/C59H118NO8P/c1-3-5-7-9-11-13-15-17-18-19-20-21-22-23-24-25-26-27-28-29-30-31-32-33-34-35-36-37-38-40-42-44-46-48-50-52-59(62)68-57(56-67-69(63,64)66-54-53-60)55-65-58(61)51-49-47-45-43-41-39-16-14-12-10-8-6-4-2/h57H,3-56,60H2,1-2H3,(H,63,64). The van der Waals surface area contributed by atoms with Crippen molar-refractivity contribution >= 4 is 19.8 Å². The molecule has 0 saturated carbocycles. The van der Waals surface area contributed by atoms with Gasteiger partial charge in [-0.3, -0.25) is 18.6 Å². The van der Waals surface area contributed by atoms with Crippen molar-refractivity contribution in [1.82, 2.24) is 0 Å². The largest absolute Gasteiger partial charge is 0.472 e. The number of rotatable bonds is 59. The molecule has 0 spiro atoms. The van der Waals surface area contributed by atoms with Crippen molar-refractivity contribution < 1.29 is 37.6 Å². The predicted octanol–water partition coefficient (Wildman–Crippen LogP) is 19.1. The number of esters is 2. The quantitative estimate of drug-likeness (QED) is 0.0347. The second-order valence-corrected chi connectivity index (χ2v) is 22.4. The summed E-state index contributed by atoms with van der Waals surface area (Å²) in [5.74, 6) is -0.805. The number of nitrogens with two attached hydrogens (primary N) is 1. The third-order valence-electron chi connectivity index (χ3n) is 14.0. The summed E-state index contributed by atoms with van der Waals surface area (Å²) in [7, 11) is -4.38. The molecule has 2 unspecified atom stereocenters. The number of carbonyl (C=O) groups excluding carboxylic acids is 2. The highest BCUT2D eigenvalue weighted by Crippen LogP contribution is 2.43. The van der Waals surface area contributed by atoms with Gasteiger partial charge in [0.15, 0.2) is 6.10 Å². The van der Waals surface area contributed by atoms with E-state index in [1.165, 1.54) is 270 Å². The second kappa shape index (κ2) is 56.3. The first kappa shape index (κ1) is 68.0. The van der Waals surface area contributed by atoms with Crippen LogP contribution >= 0.6 is 7.82 Å². The molecule has 0 radical (unpaired) electrons. The van der Waals surface area contributed by atoms with E-state index in [9.17, 15) is 19.0 Å². The summed E-state index contributed by atoms with van der Waals surface area (Å²) in [6.45, 7) is 3.81. The van der Waals surface area contributed by atoms with E-state index in [4.69, 9.17) is 24.3 Å². The third kappa shape index (κ3) is 56.2. The highest BCUT2D eigenvalue weighted by atomic mass is 31.2. The van der Waals surface area contributed by atoms with Gasteiger partial charge in [0, 0.05) is 19.4 Å². The molecule has 0 aromatic heterocycles. The summed E-state index contributed by atoms with van der Waals surface area (Å²) in [6, 6.07) is 0. The molecule has 0 aromatic rings. The Labute approximate surface area is 428 Å². The van der Waals surface area contributed by atoms with E-state index in [2.05, 4.69) is 13.8 Å². The number of hydrogen-bond acceptors (Lipinski definition) is 8. The van der Waals surface area contributed by atoms with E-state index in [-0.39, 0.29) is 38.6 Å². The van der Waals surface area contributed by atoms with Gasteiger partial charge in [-0.1, -0.05) is 309 Å². The summed E-state index contributed by atoms with van der Waals surface area (Å²) in [4.78, 5) is 35.1. The summed E-state index contributed by atoms with van der Waals surface area (Å²) in [6.07, 6.45) is 63.4. The lowest BCUT2D eigenvalue weighted by atomic mass is 10.0. The second-order valence-electron chi connectivity index (χ2n) is 20.9. The van der Waals surface area contributed by atoms with Crippen LogP contribution in [-0.4, -0.2) is 49.3 Å². The Morgan fingerprint density at radius 1 is 0.377 bits per heavy atom. The topological polar surface area (TPSA) is 134 Å². The van der Waals surface area contributed by atoms with Crippen molar-refractivity contribution in [2.75, 3.05) is 26.4 Å². The normalized spacial score (nSPS) is 12.9. The number of phosphoric acid groups is 1. The summed E-state index contributed by atoms with van der Waals surface area (Å²) in [5.41, 5.74) is 5.38. The number of phosphoric ester groups is 1. The lowest BCUT2D eigenvalue weighted by molar-refractivity contribution is -0.161. The zero-order valence-corrected chi connectivity index (χ0v) is 47.0. The summed E-state index contributed by atoms with van der Waals surface area (Å²) >= 11 is 0. The van der Waals surface area contributed by atoms with Crippen LogP contribution in [0.5, 0.6) is 0 Å². The molecule has 0 amide bonds. The molecule has 0 rings (SSSR count). The van der Waals surface area contributed by atoms with Gasteiger partial charge in [0.25, 0.3) is 0 Å². The summed E-state index contributed by atoms with van der Waals surface area (Å²) in [5, 5.41) is 0. The molecule has 0 heterocycles. The van der Waals surface area contributed by atoms with Gasteiger partial charge in [0.1, 0.15) is 6.61 Å². The van der Waals surface area contributed by atoms with Crippen molar-refractivity contribution in [1.29, 1.82) is 0 Å². The highest BCUT2D eigenvalue weighted by molar-refractivity contribution is 7.47. The average Bonchev–Trinajstić information content (AvgIpc) is 3.34. The molecule has 10 heteroatoms. The lowest BCUT2D eigenvalue weighted by Gasteiger charge is -2.19. The zero-order chi connectivity index (χ0) is 50.2. The molecule has 0 aliphatic heterocycles. The molecule has 0 aliphatic rings. The van der Waals surface area contributed by atoms with Crippen molar-refractivity contribution in [2.45, 2.75) is 341 Å². The van der Waals surface area contributed by atoms with Gasteiger partial charge in [0.05, 0.1) is 13.2 Å². The minimum absolute atomic E-state index is 0.0584. The van der Waals surface area contributed by atoms with Crippen LogP contribution in [-0.2, 0) is 32.7 Å². The number of ether oxygens (including phenoxy) is 2. The van der Waals surface area contributed by atoms with Gasteiger partial charge in [-0.15, -0.1) is 0 Å². The summed E-state index contributed by atoms with van der Waals surface area (Å²) < 4.78 is 33.0. The van der Waals surface area contributed by atoms with E-state index in [1.807, 2.05) is 0 Å². The third-order valence-corrected chi connectivity index (χ3v) is 15.0. The maximum atomic E-state index is 12.7. The van der Waals surface area contributed by atoms with Crippen LogP contribution in [0.3, 0.4) is 0 Å². The SMILES string of the molecule is CCCCCCCCCCCCCCCCCCCCCCCCCCCCCCCCCCCCCC(=O)OC(COC(=O)CCCCCCCCCCCCCCC)COP(=O)(O)OCCN. The van der Waals surface area contributed by atoms with Gasteiger partial charge in [-0.05, 0) is 12.8 Å². The smallest absolute Gasteiger partial charge is 0.462 e. The van der Waals surface area contributed by atoms with Gasteiger partial charge in [-0.25, -0.2) is 4.57 Å². The molecule has 69 heavy (non-hydrogen) atoms. The lowest BCUT2D eigenvalue weighted by Crippen LogP contribution is -2.29. The highest BCUT2D eigenvalue weighted by Gasteiger charge is 2.26. The van der Waals surface area contributed by atoms with Gasteiger partial charge < -0.3 is 20.1 Å². The molecule has 3 N–H and O–H groups in total. The maximum absolute atomic E-state index is 12.7. The number of unbranched alkanes of at least 4 members (excludes halogenated alkanes) is 46. The molecule has 0 fully saturated rings. The van der Waals surface area contributed by atoms with Crippen molar-refractivity contribution in [3.05, 3.63) is 0 Å². The first-order valence-electron chi connectivity index (χ1n) is 30.5. The van der Waals surface area contributed by atoms with Crippen molar-refractivity contribution in [3.8, 4) is 0 Å². The maximum Gasteiger partial charge on any atom is 0.472 e. The van der Waals surface area contributed by atoms with E-state index >= 15 is 0 Å². The molecule has 9 nitrogen and oxygen atoms in total. The number of hydrogen-bond donors (Lipinski definition) is 2. The molecule has 0 bridgehead atoms. The minimum atomic E-state index is -4.38. The van der Waals surface area contributed by atoms with Crippen LogP contribution < -0.4 is 5.73 Å². The Hall–Kier alpha value is -0.990. The fourth-order valence-electron chi connectivity index (χ4n) is 9.46. The van der Waals surface area contributed by atoms with Crippen LogP contribution in [0.25, 0.3) is 0 Å². The first-order chi connectivity index (χ1) is 33.8. The van der Waals surface area contributed by atoms with Gasteiger partial charge >= 0.3 is 19.8 Å². The Kier molecular flexibility index (Phi) is 55.5. The zero-order valence-electron chi connectivity index (χ0n) is 46.1. The molecule has 2 atom stereocenters. The van der Waals surface area contributed by atoms with E-state index in [0.29, 0.717) is 6.42 Å². The van der Waals surface area contributed by atoms with Crippen LogP contribution in [0.15, 0.2) is 0 Å². The first-order valence-corrected chi connectivity index (χ1v) is 32.0. The molecular weight excluding hydrogens is 882 g/mol. The van der Waals surface area contributed by atoms with Gasteiger partial charge in [0.2, 0.25) is 0 Å². The number of carbonyl (C=O) groups is 2. The monoisotopic (exact) mass is 1000 g/mol. The Bertz CT molecular complexity index is 1090. The fraction of sp³-hybridized carbons (Fsp3) is 0.966. The molecule has 412 valence electrons. The van der Waals surface area contributed by atoms with Crippen molar-refractivity contribution in [3.63, 3.8) is 0 Å². The average molecular weight is 1000 g/mol. The Balaban J connectivity index is 3.74. The minimum Gasteiger partial charge on any atom is -0.462 e. The van der Waals surface area contributed by atoms with E-state index < -0.39 is 26.5 Å². The Morgan fingerprint density at radius 2 is 0.623 bits per heavy atom. The fourth-order valence-corrected chi connectivity index (χ4v) is 10.2. The predicted molar refractivity (Wildman–Crippen MR) is 294 cm³/mol. The van der Waals surface area contributed by atoms with Gasteiger partial charge in [-0.2, -0.15) is 0 Å². The van der Waals surface area contributed by atoms with Crippen LogP contribution in [0.4, 0.5) is 0 Å².